The fraction of sp³-hybridized carbons (Fsp3) is 1.00. The van der Waals surface area contributed by atoms with Crippen LogP contribution in [0.3, 0.4) is 0 Å². The first-order valence-corrected chi connectivity index (χ1v) is 7.26. The van der Waals surface area contributed by atoms with E-state index in [1.807, 2.05) is 0 Å². The Labute approximate surface area is 102 Å². The Morgan fingerprint density at radius 3 is 2.62 bits per heavy atom. The molecule has 0 spiro atoms. The molecule has 0 aromatic rings. The molecule has 1 aliphatic rings. The molecule has 0 amide bonds. The molecule has 1 rings (SSSR count). The van der Waals surface area contributed by atoms with Crippen LogP contribution >= 0.6 is 0 Å². The van der Waals surface area contributed by atoms with Gasteiger partial charge in [0.05, 0.1) is 0 Å². The zero-order valence-electron chi connectivity index (χ0n) is 11.5. The van der Waals surface area contributed by atoms with E-state index in [1.54, 1.807) is 0 Å². The van der Waals surface area contributed by atoms with Crippen LogP contribution in [0.25, 0.3) is 0 Å². The third kappa shape index (κ3) is 4.42. The maximum absolute atomic E-state index is 3.57. The second-order valence-corrected chi connectivity index (χ2v) is 5.18. The second-order valence-electron chi connectivity index (χ2n) is 5.18. The number of hydrogen-bond acceptors (Lipinski definition) is 2. The Morgan fingerprint density at radius 2 is 1.94 bits per heavy atom. The lowest BCUT2D eigenvalue weighted by molar-refractivity contribution is 0.199. The molecule has 2 heteroatoms. The van der Waals surface area contributed by atoms with E-state index in [4.69, 9.17) is 0 Å². The van der Waals surface area contributed by atoms with Crippen molar-refractivity contribution in [1.29, 1.82) is 0 Å². The molecule has 16 heavy (non-hydrogen) atoms. The molecule has 2 nitrogen and oxygen atoms in total. The molecule has 0 aromatic heterocycles. The van der Waals surface area contributed by atoms with Gasteiger partial charge in [0.2, 0.25) is 0 Å². The Hall–Kier alpha value is -0.0800. The Bertz CT molecular complexity index is 170. The summed E-state index contributed by atoms with van der Waals surface area (Å²) in [7, 11) is 0. The fourth-order valence-electron chi connectivity index (χ4n) is 2.80. The minimum Gasteiger partial charge on any atom is -0.315 e. The summed E-state index contributed by atoms with van der Waals surface area (Å²) in [6, 6.07) is 1.66. The zero-order valence-corrected chi connectivity index (χ0v) is 11.5. The van der Waals surface area contributed by atoms with Crippen LogP contribution in [0.5, 0.6) is 0 Å². The molecule has 1 fully saturated rings. The van der Waals surface area contributed by atoms with Crippen molar-refractivity contribution in [2.75, 3.05) is 19.6 Å². The third-order valence-electron chi connectivity index (χ3n) is 3.93. The van der Waals surface area contributed by atoms with Crippen LogP contribution in [0.2, 0.25) is 0 Å². The van der Waals surface area contributed by atoms with Gasteiger partial charge in [-0.3, -0.25) is 4.90 Å². The number of unbranched alkanes of at least 4 members (excludes halogenated alkanes) is 2. The van der Waals surface area contributed by atoms with E-state index >= 15 is 0 Å². The van der Waals surface area contributed by atoms with Crippen LogP contribution in [0.1, 0.15) is 59.3 Å². The van der Waals surface area contributed by atoms with Crippen LogP contribution in [0.4, 0.5) is 0 Å². The summed E-state index contributed by atoms with van der Waals surface area (Å²) in [6.45, 7) is 10.6. The molecule has 1 heterocycles. The normalized spacial score (nSPS) is 26.4. The number of rotatable bonds is 8. The summed E-state index contributed by atoms with van der Waals surface area (Å²) in [6.07, 6.45) is 8.15. The van der Waals surface area contributed by atoms with Crippen LogP contribution < -0.4 is 5.32 Å². The van der Waals surface area contributed by atoms with Crippen molar-refractivity contribution in [3.05, 3.63) is 0 Å². The molecule has 0 bridgehead atoms. The van der Waals surface area contributed by atoms with Gasteiger partial charge in [-0.1, -0.05) is 26.7 Å². The Kier molecular flexibility index (Phi) is 7.06. The van der Waals surface area contributed by atoms with Crippen molar-refractivity contribution in [1.82, 2.24) is 10.2 Å². The van der Waals surface area contributed by atoms with E-state index in [2.05, 4.69) is 31.0 Å². The van der Waals surface area contributed by atoms with Crippen molar-refractivity contribution in [3.63, 3.8) is 0 Å². The van der Waals surface area contributed by atoms with E-state index in [-0.39, 0.29) is 0 Å². The molecule has 0 aliphatic carbocycles. The lowest BCUT2D eigenvalue weighted by atomic mass is 10.1. The molecular formula is C14H30N2. The van der Waals surface area contributed by atoms with Gasteiger partial charge < -0.3 is 5.32 Å². The van der Waals surface area contributed by atoms with Gasteiger partial charge >= 0.3 is 0 Å². The molecule has 0 saturated carbocycles. The van der Waals surface area contributed by atoms with Crippen molar-refractivity contribution in [2.24, 2.45) is 0 Å². The van der Waals surface area contributed by atoms with E-state index in [1.165, 1.54) is 58.2 Å². The maximum atomic E-state index is 3.57. The Balaban J connectivity index is 2.06. The highest BCUT2D eigenvalue weighted by Crippen LogP contribution is 2.24. The molecule has 2 atom stereocenters. The van der Waals surface area contributed by atoms with Gasteiger partial charge in [0.15, 0.2) is 0 Å². The van der Waals surface area contributed by atoms with Gasteiger partial charge in [0.25, 0.3) is 0 Å². The lowest BCUT2D eigenvalue weighted by Crippen LogP contribution is -2.39. The first-order valence-electron chi connectivity index (χ1n) is 7.26. The summed E-state index contributed by atoms with van der Waals surface area (Å²) < 4.78 is 0. The number of nitrogens with one attached hydrogen (secondary N) is 1. The largest absolute Gasteiger partial charge is 0.315 e. The monoisotopic (exact) mass is 226 g/mol. The van der Waals surface area contributed by atoms with E-state index in [9.17, 15) is 0 Å². The number of hydrogen-bond donors (Lipinski definition) is 1. The molecule has 0 aromatic carbocycles. The second kappa shape index (κ2) is 8.08. The summed E-state index contributed by atoms with van der Waals surface area (Å²) in [5.74, 6) is 0. The number of nitrogens with zero attached hydrogens (tertiary/aromatic N) is 1. The highest BCUT2D eigenvalue weighted by Gasteiger charge is 2.28. The summed E-state index contributed by atoms with van der Waals surface area (Å²) in [5, 5.41) is 3.57. The van der Waals surface area contributed by atoms with Crippen LogP contribution in [0, 0.1) is 0 Å². The van der Waals surface area contributed by atoms with E-state index in [0.717, 1.165) is 12.1 Å². The maximum Gasteiger partial charge on any atom is 0.0113 e. The lowest BCUT2D eigenvalue weighted by Gasteiger charge is -2.27. The first kappa shape index (κ1) is 14.0. The standard InChI is InChI=1S/C14H30N2/c1-4-6-7-10-15-11-12-16-13(3)8-9-14(16)5-2/h13-15H,4-12H2,1-3H3. The minimum atomic E-state index is 0.808. The van der Waals surface area contributed by atoms with E-state index in [0.29, 0.717) is 0 Å². The molecular weight excluding hydrogens is 196 g/mol. The van der Waals surface area contributed by atoms with Crippen LogP contribution in [-0.4, -0.2) is 36.6 Å². The predicted octanol–water partition coefficient (Wildman–Crippen LogP) is 3.03. The fourth-order valence-corrected chi connectivity index (χ4v) is 2.80. The van der Waals surface area contributed by atoms with Gasteiger partial charge in [-0.05, 0) is 39.2 Å². The average Bonchev–Trinajstić information content (AvgIpc) is 2.65. The Morgan fingerprint density at radius 1 is 1.12 bits per heavy atom. The molecule has 1 saturated heterocycles. The highest BCUT2D eigenvalue weighted by atomic mass is 15.2. The smallest absolute Gasteiger partial charge is 0.0113 e. The summed E-state index contributed by atoms with van der Waals surface area (Å²) >= 11 is 0. The van der Waals surface area contributed by atoms with Crippen molar-refractivity contribution in [3.8, 4) is 0 Å². The average molecular weight is 226 g/mol. The SMILES string of the molecule is CCCCCNCCN1C(C)CCC1CC. The minimum absolute atomic E-state index is 0.808. The van der Waals surface area contributed by atoms with Crippen molar-refractivity contribution in [2.45, 2.75) is 71.4 Å². The van der Waals surface area contributed by atoms with Crippen LogP contribution in [-0.2, 0) is 0 Å². The predicted molar refractivity (Wildman–Crippen MR) is 71.9 cm³/mol. The topological polar surface area (TPSA) is 15.3 Å². The zero-order chi connectivity index (χ0) is 11.8. The third-order valence-corrected chi connectivity index (χ3v) is 3.93. The van der Waals surface area contributed by atoms with Gasteiger partial charge in [0, 0.05) is 25.2 Å². The summed E-state index contributed by atoms with van der Waals surface area (Å²) in [4.78, 5) is 2.70. The molecule has 0 radical (unpaired) electrons. The molecule has 1 N–H and O–H groups in total. The molecule has 1 aliphatic heterocycles. The molecule has 96 valence electrons. The van der Waals surface area contributed by atoms with Crippen molar-refractivity contribution < 1.29 is 0 Å². The quantitative estimate of drug-likeness (QED) is 0.640. The van der Waals surface area contributed by atoms with E-state index < -0.39 is 0 Å². The van der Waals surface area contributed by atoms with Crippen LogP contribution in [0.15, 0.2) is 0 Å². The van der Waals surface area contributed by atoms with Gasteiger partial charge in [-0.25, -0.2) is 0 Å². The van der Waals surface area contributed by atoms with Crippen molar-refractivity contribution >= 4 is 0 Å². The van der Waals surface area contributed by atoms with Gasteiger partial charge in [-0.2, -0.15) is 0 Å². The van der Waals surface area contributed by atoms with Gasteiger partial charge in [-0.15, -0.1) is 0 Å². The number of likely N-dealkylation sites (tertiary alicyclic amines) is 1. The molecule has 2 unspecified atom stereocenters. The van der Waals surface area contributed by atoms with Gasteiger partial charge in [0.1, 0.15) is 0 Å². The first-order chi connectivity index (χ1) is 7.79. The highest BCUT2D eigenvalue weighted by molar-refractivity contribution is 4.84. The summed E-state index contributed by atoms with van der Waals surface area (Å²) in [5.41, 5.74) is 0.